The van der Waals surface area contributed by atoms with Gasteiger partial charge in [0.2, 0.25) is 11.9 Å². The third-order valence-electron chi connectivity index (χ3n) is 6.54. The molecule has 0 spiro atoms. The molecule has 0 radical (unpaired) electrons. The topological polar surface area (TPSA) is 78.1 Å². The summed E-state index contributed by atoms with van der Waals surface area (Å²) >= 11 is 1.41. The molecule has 1 fully saturated rings. The number of nitrogens with one attached hydrogen (secondary N) is 2. The number of H-pyrrole nitrogens is 1. The average molecular weight is 473 g/mol. The molecule has 1 amide bonds. The van der Waals surface area contributed by atoms with Gasteiger partial charge >= 0.3 is 0 Å². The smallest absolute Gasteiger partial charge is 0.270 e. The second-order valence-electron chi connectivity index (χ2n) is 8.92. The van der Waals surface area contributed by atoms with Crippen LogP contribution in [0.3, 0.4) is 0 Å². The van der Waals surface area contributed by atoms with Crippen LogP contribution in [0.5, 0.6) is 0 Å². The minimum absolute atomic E-state index is 0.0661. The van der Waals surface area contributed by atoms with E-state index >= 15 is 0 Å². The van der Waals surface area contributed by atoms with Crippen LogP contribution >= 0.6 is 11.3 Å². The number of carbonyl (C=O) groups excluding carboxylic acids is 1. The Morgan fingerprint density at radius 3 is 2.68 bits per heavy atom. The summed E-state index contributed by atoms with van der Waals surface area (Å²) in [6, 6.07) is 20.2. The van der Waals surface area contributed by atoms with Gasteiger partial charge in [0.05, 0.1) is 11.4 Å². The summed E-state index contributed by atoms with van der Waals surface area (Å²) in [5, 5.41) is 5.13. The Labute approximate surface area is 202 Å². The number of thiophene rings is 1. The Kier molecular flexibility index (Phi) is 6.45. The van der Waals surface area contributed by atoms with Gasteiger partial charge in [-0.25, -0.2) is 4.98 Å². The molecule has 2 aromatic heterocycles. The van der Waals surface area contributed by atoms with Crippen LogP contribution in [-0.2, 0) is 4.79 Å². The fourth-order valence-corrected chi connectivity index (χ4v) is 5.48. The molecule has 3 heterocycles. The van der Waals surface area contributed by atoms with E-state index in [0.717, 1.165) is 36.0 Å². The first-order valence-corrected chi connectivity index (χ1v) is 12.6. The molecule has 2 N–H and O–H groups in total. The summed E-state index contributed by atoms with van der Waals surface area (Å²) in [6.45, 7) is 4.04. The van der Waals surface area contributed by atoms with Crippen LogP contribution in [-0.4, -0.2) is 35.5 Å². The Morgan fingerprint density at radius 1 is 1.18 bits per heavy atom. The standard InChI is InChI=1S/C27H28N4O2S/c1-18(19-9-4-2-5-10-19)15-28-25(32)21-13-8-14-31(16-21)27-29-23-22(20-11-6-3-7-12-20)17-34-24(23)26(33)30-27/h2-7,9-12,17-18,21H,8,13-16H2,1H3,(H,28,32)(H,29,30,33)/t18-,21-/m1/s1. The lowest BCUT2D eigenvalue weighted by atomic mass is 9.96. The highest BCUT2D eigenvalue weighted by Crippen LogP contribution is 2.32. The molecule has 4 aromatic rings. The fraction of sp³-hybridized carbons (Fsp3) is 0.296. The van der Waals surface area contributed by atoms with E-state index < -0.39 is 0 Å². The van der Waals surface area contributed by atoms with Gasteiger partial charge < -0.3 is 10.2 Å². The number of hydrogen-bond acceptors (Lipinski definition) is 5. The van der Waals surface area contributed by atoms with Crippen LogP contribution in [0.2, 0.25) is 0 Å². The summed E-state index contributed by atoms with van der Waals surface area (Å²) in [5.41, 5.74) is 3.82. The SMILES string of the molecule is C[C@H](CNC(=O)[C@@H]1CCCN(c2nc3c(-c4ccccc4)csc3c(=O)[nH]2)C1)c1ccccc1. The van der Waals surface area contributed by atoms with Crippen LogP contribution < -0.4 is 15.8 Å². The zero-order valence-corrected chi connectivity index (χ0v) is 20.0. The fourth-order valence-electron chi connectivity index (χ4n) is 4.57. The molecule has 174 valence electrons. The maximum atomic E-state index is 13.0. The van der Waals surface area contributed by atoms with Gasteiger partial charge in [0, 0.05) is 30.6 Å². The zero-order chi connectivity index (χ0) is 23.5. The molecule has 5 rings (SSSR count). The number of rotatable bonds is 6. The molecule has 1 aliphatic heterocycles. The Bertz CT molecular complexity index is 1330. The highest BCUT2D eigenvalue weighted by atomic mass is 32.1. The van der Waals surface area contributed by atoms with Crippen molar-refractivity contribution in [2.75, 3.05) is 24.5 Å². The third-order valence-corrected chi connectivity index (χ3v) is 7.51. The van der Waals surface area contributed by atoms with Crippen LogP contribution in [0, 0.1) is 5.92 Å². The Balaban J connectivity index is 1.32. The van der Waals surface area contributed by atoms with E-state index in [9.17, 15) is 9.59 Å². The minimum Gasteiger partial charge on any atom is -0.355 e. The normalized spacial score (nSPS) is 17.0. The van der Waals surface area contributed by atoms with Crippen LogP contribution in [0.15, 0.2) is 70.8 Å². The van der Waals surface area contributed by atoms with Crippen molar-refractivity contribution >= 4 is 33.4 Å². The number of nitrogens with zero attached hydrogens (tertiary/aromatic N) is 2. The highest BCUT2D eigenvalue weighted by molar-refractivity contribution is 7.17. The van der Waals surface area contributed by atoms with E-state index in [1.165, 1.54) is 16.9 Å². The number of benzene rings is 2. The van der Waals surface area contributed by atoms with Gasteiger partial charge in [0.15, 0.2) is 0 Å². The van der Waals surface area contributed by atoms with Crippen LogP contribution in [0.4, 0.5) is 5.95 Å². The maximum Gasteiger partial charge on any atom is 0.270 e. The number of piperidine rings is 1. The number of fused-ring (bicyclic) bond motifs is 1. The predicted octanol–water partition coefficient (Wildman–Crippen LogP) is 4.79. The highest BCUT2D eigenvalue weighted by Gasteiger charge is 2.28. The minimum atomic E-state index is -0.131. The van der Waals surface area contributed by atoms with E-state index in [4.69, 9.17) is 4.98 Å². The lowest BCUT2D eigenvalue weighted by Gasteiger charge is -2.32. The quantitative estimate of drug-likeness (QED) is 0.423. The average Bonchev–Trinajstić information content (AvgIpc) is 3.33. The number of aromatic nitrogens is 2. The Hall–Kier alpha value is -3.45. The number of aromatic amines is 1. The molecule has 0 aliphatic carbocycles. The molecule has 0 saturated carbocycles. The van der Waals surface area contributed by atoms with Gasteiger partial charge in [-0.3, -0.25) is 14.6 Å². The second kappa shape index (κ2) is 9.81. The maximum absolute atomic E-state index is 13.0. The summed E-state index contributed by atoms with van der Waals surface area (Å²) in [4.78, 5) is 35.6. The molecule has 6 nitrogen and oxygen atoms in total. The molecular formula is C27H28N4O2S. The number of anilines is 1. The van der Waals surface area contributed by atoms with Crippen LogP contribution in [0.25, 0.3) is 21.3 Å². The monoisotopic (exact) mass is 472 g/mol. The summed E-state index contributed by atoms with van der Waals surface area (Å²) < 4.78 is 0.629. The Morgan fingerprint density at radius 2 is 1.91 bits per heavy atom. The first-order chi connectivity index (χ1) is 16.6. The van der Waals surface area contributed by atoms with Gasteiger partial charge in [-0.2, -0.15) is 0 Å². The van der Waals surface area contributed by atoms with Gasteiger partial charge in [0.25, 0.3) is 5.56 Å². The summed E-state index contributed by atoms with van der Waals surface area (Å²) in [5.74, 6) is 0.730. The van der Waals surface area contributed by atoms with Crippen molar-refractivity contribution in [1.82, 2.24) is 15.3 Å². The molecule has 1 aliphatic rings. The largest absolute Gasteiger partial charge is 0.355 e. The predicted molar refractivity (Wildman–Crippen MR) is 138 cm³/mol. The first-order valence-electron chi connectivity index (χ1n) is 11.7. The molecule has 2 aromatic carbocycles. The zero-order valence-electron chi connectivity index (χ0n) is 19.2. The number of carbonyl (C=O) groups is 1. The first kappa shape index (κ1) is 22.3. The van der Waals surface area contributed by atoms with Gasteiger partial charge in [-0.1, -0.05) is 67.6 Å². The van der Waals surface area contributed by atoms with Crippen LogP contribution in [0.1, 0.15) is 31.2 Å². The molecule has 1 saturated heterocycles. The van der Waals surface area contributed by atoms with Crippen molar-refractivity contribution in [3.63, 3.8) is 0 Å². The van der Waals surface area contributed by atoms with Crippen molar-refractivity contribution in [2.45, 2.75) is 25.7 Å². The van der Waals surface area contributed by atoms with E-state index in [0.29, 0.717) is 23.7 Å². The van der Waals surface area contributed by atoms with Gasteiger partial charge in [0.1, 0.15) is 4.70 Å². The molecule has 34 heavy (non-hydrogen) atoms. The van der Waals surface area contributed by atoms with Crippen molar-refractivity contribution in [1.29, 1.82) is 0 Å². The van der Waals surface area contributed by atoms with Gasteiger partial charge in [-0.15, -0.1) is 11.3 Å². The second-order valence-corrected chi connectivity index (χ2v) is 9.80. The van der Waals surface area contributed by atoms with Crippen molar-refractivity contribution < 1.29 is 4.79 Å². The van der Waals surface area contributed by atoms with Gasteiger partial charge in [-0.05, 0) is 29.9 Å². The molecule has 2 atom stereocenters. The van der Waals surface area contributed by atoms with E-state index in [1.807, 2.05) is 58.8 Å². The third kappa shape index (κ3) is 4.61. The van der Waals surface area contributed by atoms with Crippen molar-refractivity contribution in [2.24, 2.45) is 5.92 Å². The lowest BCUT2D eigenvalue weighted by molar-refractivity contribution is -0.125. The van der Waals surface area contributed by atoms with E-state index in [1.54, 1.807) is 0 Å². The van der Waals surface area contributed by atoms with Crippen molar-refractivity contribution in [3.05, 3.63) is 82.0 Å². The number of hydrogen-bond donors (Lipinski definition) is 2. The molecule has 0 unspecified atom stereocenters. The van der Waals surface area contributed by atoms with Crippen molar-refractivity contribution in [3.8, 4) is 11.1 Å². The number of amides is 1. The molecular weight excluding hydrogens is 444 g/mol. The lowest BCUT2D eigenvalue weighted by Crippen LogP contribution is -2.44. The molecule has 7 heteroatoms. The molecule has 0 bridgehead atoms. The summed E-state index contributed by atoms with van der Waals surface area (Å²) in [7, 11) is 0. The van der Waals surface area contributed by atoms with E-state index in [2.05, 4.69) is 29.4 Å². The summed E-state index contributed by atoms with van der Waals surface area (Å²) in [6.07, 6.45) is 1.71. The van der Waals surface area contributed by atoms with E-state index in [-0.39, 0.29) is 23.3 Å².